The van der Waals surface area contributed by atoms with E-state index >= 15 is 0 Å². The van der Waals surface area contributed by atoms with E-state index in [9.17, 15) is 9.90 Å². The molecule has 0 saturated carbocycles. The van der Waals surface area contributed by atoms with Crippen LogP contribution in [-0.2, 0) is 22.8 Å². The first kappa shape index (κ1) is 17.1. The Morgan fingerprint density at radius 1 is 1.43 bits per heavy atom. The Morgan fingerprint density at radius 3 is 2.87 bits per heavy atom. The van der Waals surface area contributed by atoms with Crippen LogP contribution in [0.5, 0.6) is 0 Å². The molecule has 2 atom stereocenters. The van der Waals surface area contributed by atoms with E-state index in [2.05, 4.69) is 5.10 Å². The summed E-state index contributed by atoms with van der Waals surface area (Å²) in [4.78, 5) is 16.6. The Hall–Kier alpha value is -2.22. The molecular weight excluding hydrogens is 296 g/mol. The molecule has 23 heavy (non-hydrogen) atoms. The molecular formula is C16H22N4O3. The number of aliphatic hydroxyl groups excluding tert-OH is 1. The zero-order chi connectivity index (χ0) is 16.7. The van der Waals surface area contributed by atoms with Crippen LogP contribution in [0.15, 0.2) is 42.7 Å². The summed E-state index contributed by atoms with van der Waals surface area (Å²) in [5.41, 5.74) is 7.99. The van der Waals surface area contributed by atoms with Gasteiger partial charge in [-0.2, -0.15) is 5.10 Å². The van der Waals surface area contributed by atoms with E-state index in [0.29, 0.717) is 13.0 Å². The quantitative estimate of drug-likeness (QED) is 0.518. The summed E-state index contributed by atoms with van der Waals surface area (Å²) in [6.07, 6.45) is 3.03. The third-order valence-electron chi connectivity index (χ3n) is 3.58. The molecule has 0 aliphatic heterocycles. The zero-order valence-electron chi connectivity index (χ0n) is 13.1. The number of hydrogen-bond donors (Lipinski definition) is 2. The number of hydrogen-bond acceptors (Lipinski definition) is 5. The van der Waals surface area contributed by atoms with Crippen molar-refractivity contribution < 1.29 is 14.7 Å². The van der Waals surface area contributed by atoms with Crippen molar-refractivity contribution in [1.82, 2.24) is 14.8 Å². The molecule has 0 aliphatic rings. The molecule has 1 aromatic carbocycles. The number of nitrogens with two attached hydrogens (primary N) is 1. The number of aryl methyl sites for hydroxylation is 1. The largest absolute Gasteiger partial charge is 0.389 e. The van der Waals surface area contributed by atoms with Gasteiger partial charge in [0, 0.05) is 12.4 Å². The normalized spacial score (nSPS) is 13.5. The number of amides is 1. The maximum atomic E-state index is 11.1. The number of hydroxylamine groups is 2. The lowest BCUT2D eigenvalue weighted by Crippen LogP contribution is -2.45. The van der Waals surface area contributed by atoms with Crippen molar-refractivity contribution in [3.63, 3.8) is 0 Å². The molecule has 0 radical (unpaired) electrons. The molecule has 1 aromatic heterocycles. The number of rotatable bonds is 9. The molecule has 0 bridgehead atoms. The maximum absolute atomic E-state index is 11.1. The topological polar surface area (TPSA) is 93.6 Å². The molecule has 0 spiro atoms. The Kier molecular flexibility index (Phi) is 6.28. The zero-order valence-corrected chi connectivity index (χ0v) is 13.1. The van der Waals surface area contributed by atoms with Crippen LogP contribution in [0.1, 0.15) is 11.1 Å². The molecule has 0 saturated heterocycles. The van der Waals surface area contributed by atoms with Gasteiger partial charge < -0.3 is 10.8 Å². The summed E-state index contributed by atoms with van der Waals surface area (Å²) >= 11 is 0. The fourth-order valence-corrected chi connectivity index (χ4v) is 2.12. The second-order valence-corrected chi connectivity index (χ2v) is 5.36. The van der Waals surface area contributed by atoms with Crippen LogP contribution >= 0.6 is 0 Å². The predicted octanol–water partition coefficient (Wildman–Crippen LogP) is 0.470. The highest BCUT2D eigenvalue weighted by atomic mass is 16.7. The highest BCUT2D eigenvalue weighted by Gasteiger charge is 2.19. The highest BCUT2D eigenvalue weighted by Crippen LogP contribution is 2.09. The van der Waals surface area contributed by atoms with Crippen LogP contribution in [0, 0.1) is 6.92 Å². The van der Waals surface area contributed by atoms with Gasteiger partial charge in [0.1, 0.15) is 6.61 Å². The lowest BCUT2D eigenvalue weighted by molar-refractivity contribution is -0.185. The molecule has 7 heteroatoms. The van der Waals surface area contributed by atoms with Crippen molar-refractivity contribution >= 4 is 6.41 Å². The second kappa shape index (κ2) is 8.42. The molecule has 124 valence electrons. The summed E-state index contributed by atoms with van der Waals surface area (Å²) < 4.78 is 1.63. The minimum atomic E-state index is -0.915. The van der Waals surface area contributed by atoms with E-state index in [4.69, 9.17) is 10.6 Å². The van der Waals surface area contributed by atoms with Crippen molar-refractivity contribution in [2.45, 2.75) is 32.2 Å². The smallest absolute Gasteiger partial charge is 0.233 e. The lowest BCUT2D eigenvalue weighted by Gasteiger charge is -2.24. The second-order valence-electron chi connectivity index (χ2n) is 5.36. The molecule has 2 aromatic rings. The van der Waals surface area contributed by atoms with E-state index < -0.39 is 12.1 Å². The van der Waals surface area contributed by atoms with Gasteiger partial charge in [0.25, 0.3) is 0 Å². The van der Waals surface area contributed by atoms with Crippen molar-refractivity contribution in [3.05, 3.63) is 53.9 Å². The van der Waals surface area contributed by atoms with Gasteiger partial charge in [0.05, 0.1) is 25.2 Å². The summed E-state index contributed by atoms with van der Waals surface area (Å²) in [5, 5.41) is 15.2. The summed E-state index contributed by atoms with van der Waals surface area (Å²) in [7, 11) is 0. The van der Waals surface area contributed by atoms with Crippen LogP contribution in [0.25, 0.3) is 0 Å². The Balaban J connectivity index is 1.83. The highest BCUT2D eigenvalue weighted by molar-refractivity contribution is 5.45. The van der Waals surface area contributed by atoms with E-state index in [1.807, 2.05) is 31.2 Å². The minimum absolute atomic E-state index is 0.00217. The van der Waals surface area contributed by atoms with E-state index in [1.54, 1.807) is 23.1 Å². The van der Waals surface area contributed by atoms with Crippen LogP contribution in [0.3, 0.4) is 0 Å². The number of carbonyl (C=O) groups is 1. The summed E-state index contributed by atoms with van der Waals surface area (Å²) in [6, 6.07) is 8.97. The van der Waals surface area contributed by atoms with Crippen LogP contribution < -0.4 is 5.73 Å². The van der Waals surface area contributed by atoms with Crippen molar-refractivity contribution in [2.75, 3.05) is 6.54 Å². The Morgan fingerprint density at radius 2 is 2.22 bits per heavy atom. The van der Waals surface area contributed by atoms with Crippen LogP contribution in [-0.4, -0.2) is 45.1 Å². The molecule has 1 heterocycles. The van der Waals surface area contributed by atoms with Gasteiger partial charge in [-0.15, -0.1) is 0 Å². The third kappa shape index (κ3) is 5.17. The first-order valence-corrected chi connectivity index (χ1v) is 7.40. The SMILES string of the molecule is Cc1ccccc1CON(C=O)CC(O)C(N)Cn1cccn1. The monoisotopic (exact) mass is 318 g/mol. The van der Waals surface area contributed by atoms with Gasteiger partial charge in [-0.3, -0.25) is 14.3 Å². The molecule has 2 rings (SSSR count). The number of carbonyl (C=O) groups excluding carboxylic acids is 1. The molecule has 2 unspecified atom stereocenters. The standard InChI is InChI=1S/C16H22N4O3/c1-13-5-2-3-6-14(13)11-23-20(12-21)10-16(22)15(17)9-19-8-4-7-18-19/h2-8,12,15-16,22H,9-11,17H2,1H3. The van der Waals surface area contributed by atoms with Gasteiger partial charge in [-0.25, -0.2) is 5.06 Å². The summed E-state index contributed by atoms with van der Waals surface area (Å²) in [5.74, 6) is 0. The average molecular weight is 318 g/mol. The molecule has 0 aliphatic carbocycles. The molecule has 7 nitrogen and oxygen atoms in total. The Bertz CT molecular complexity index is 603. The fraction of sp³-hybridized carbons (Fsp3) is 0.375. The van der Waals surface area contributed by atoms with Gasteiger partial charge in [-0.1, -0.05) is 24.3 Å². The summed E-state index contributed by atoms with van der Waals surface area (Å²) in [6.45, 7) is 2.59. The lowest BCUT2D eigenvalue weighted by atomic mass is 10.1. The first-order chi connectivity index (χ1) is 11.1. The van der Waals surface area contributed by atoms with Gasteiger partial charge in [0.2, 0.25) is 6.41 Å². The average Bonchev–Trinajstić information content (AvgIpc) is 3.05. The molecule has 1 amide bonds. The van der Waals surface area contributed by atoms with E-state index in [0.717, 1.165) is 16.2 Å². The van der Waals surface area contributed by atoms with E-state index in [-0.39, 0.29) is 13.2 Å². The van der Waals surface area contributed by atoms with Crippen molar-refractivity contribution in [3.8, 4) is 0 Å². The van der Waals surface area contributed by atoms with Crippen molar-refractivity contribution in [1.29, 1.82) is 0 Å². The minimum Gasteiger partial charge on any atom is -0.389 e. The predicted molar refractivity (Wildman–Crippen MR) is 84.9 cm³/mol. The number of benzene rings is 1. The number of aliphatic hydroxyl groups is 1. The van der Waals surface area contributed by atoms with Gasteiger partial charge in [-0.05, 0) is 24.1 Å². The van der Waals surface area contributed by atoms with Crippen LogP contribution in [0.2, 0.25) is 0 Å². The number of aromatic nitrogens is 2. The van der Waals surface area contributed by atoms with Gasteiger partial charge >= 0.3 is 0 Å². The fourth-order valence-electron chi connectivity index (χ4n) is 2.12. The first-order valence-electron chi connectivity index (χ1n) is 7.40. The van der Waals surface area contributed by atoms with Crippen LogP contribution in [0.4, 0.5) is 0 Å². The maximum Gasteiger partial charge on any atom is 0.233 e. The third-order valence-corrected chi connectivity index (χ3v) is 3.58. The molecule has 0 fully saturated rings. The van der Waals surface area contributed by atoms with E-state index in [1.165, 1.54) is 0 Å². The number of nitrogens with zero attached hydrogens (tertiary/aromatic N) is 3. The van der Waals surface area contributed by atoms with Gasteiger partial charge in [0.15, 0.2) is 0 Å². The Labute approximate surface area is 135 Å². The molecule has 3 N–H and O–H groups in total. The van der Waals surface area contributed by atoms with Crippen molar-refractivity contribution in [2.24, 2.45) is 5.73 Å².